The lowest BCUT2D eigenvalue weighted by Crippen LogP contribution is -2.48. The van der Waals surface area contributed by atoms with Crippen molar-refractivity contribution >= 4 is 5.91 Å². The van der Waals surface area contributed by atoms with Crippen LogP contribution in [0.2, 0.25) is 0 Å². The molecule has 168 valence electrons. The van der Waals surface area contributed by atoms with Crippen LogP contribution >= 0.6 is 0 Å². The van der Waals surface area contributed by atoms with Gasteiger partial charge in [-0.15, -0.1) is 13.2 Å². The Bertz CT molecular complexity index is 1060. The summed E-state index contributed by atoms with van der Waals surface area (Å²) in [5.41, 5.74) is 3.17. The molecule has 0 unspecified atom stereocenters. The number of halogens is 3. The fraction of sp³-hybridized carbons (Fsp3) is 0.304. The molecule has 1 saturated heterocycles. The SMILES string of the molecule is Cc1c(C(=O)N2CCN(Cc3ccc(OC(F)(F)F)cc3)CC2)cnn1-c1ccccc1. The summed E-state index contributed by atoms with van der Waals surface area (Å²) in [5, 5.41) is 4.38. The fourth-order valence-electron chi connectivity index (χ4n) is 3.78. The largest absolute Gasteiger partial charge is 0.573 e. The quantitative estimate of drug-likeness (QED) is 0.596. The van der Waals surface area contributed by atoms with E-state index in [1.54, 1.807) is 23.0 Å². The first-order valence-electron chi connectivity index (χ1n) is 10.3. The molecule has 0 saturated carbocycles. The molecule has 1 aliphatic rings. The topological polar surface area (TPSA) is 50.6 Å². The van der Waals surface area contributed by atoms with Gasteiger partial charge < -0.3 is 9.64 Å². The Morgan fingerprint density at radius 2 is 1.66 bits per heavy atom. The number of benzene rings is 2. The van der Waals surface area contributed by atoms with E-state index in [1.165, 1.54) is 12.1 Å². The first-order valence-corrected chi connectivity index (χ1v) is 10.3. The maximum Gasteiger partial charge on any atom is 0.573 e. The second-order valence-electron chi connectivity index (χ2n) is 7.65. The van der Waals surface area contributed by atoms with Crippen molar-refractivity contribution in [3.05, 3.63) is 77.6 Å². The van der Waals surface area contributed by atoms with Crippen LogP contribution in [-0.4, -0.2) is 58.0 Å². The Morgan fingerprint density at radius 3 is 2.28 bits per heavy atom. The summed E-state index contributed by atoms with van der Waals surface area (Å²) in [4.78, 5) is 17.0. The lowest BCUT2D eigenvalue weighted by atomic mass is 10.1. The summed E-state index contributed by atoms with van der Waals surface area (Å²) in [6.07, 6.45) is -3.08. The molecule has 0 atom stereocenters. The molecule has 0 N–H and O–H groups in total. The van der Waals surface area contributed by atoms with Gasteiger partial charge in [0.25, 0.3) is 5.91 Å². The van der Waals surface area contributed by atoms with Gasteiger partial charge in [-0.25, -0.2) is 4.68 Å². The lowest BCUT2D eigenvalue weighted by molar-refractivity contribution is -0.274. The smallest absolute Gasteiger partial charge is 0.406 e. The van der Waals surface area contributed by atoms with Gasteiger partial charge in [0.15, 0.2) is 0 Å². The summed E-state index contributed by atoms with van der Waals surface area (Å²) < 4.78 is 42.5. The normalized spacial score (nSPS) is 15.1. The van der Waals surface area contributed by atoms with Crippen LogP contribution in [0.3, 0.4) is 0 Å². The third-order valence-electron chi connectivity index (χ3n) is 5.46. The van der Waals surface area contributed by atoms with Crippen molar-refractivity contribution in [2.45, 2.75) is 19.8 Å². The van der Waals surface area contributed by atoms with E-state index >= 15 is 0 Å². The molecular formula is C23H23F3N4O2. The highest BCUT2D eigenvalue weighted by atomic mass is 19.4. The van der Waals surface area contributed by atoms with E-state index in [2.05, 4.69) is 14.7 Å². The number of rotatable bonds is 5. The van der Waals surface area contributed by atoms with Gasteiger partial charge in [-0.1, -0.05) is 30.3 Å². The Morgan fingerprint density at radius 1 is 1.00 bits per heavy atom. The van der Waals surface area contributed by atoms with Crippen LogP contribution in [0.15, 0.2) is 60.8 Å². The summed E-state index contributed by atoms with van der Waals surface area (Å²) in [7, 11) is 0. The number of hydrogen-bond donors (Lipinski definition) is 0. The van der Waals surface area contributed by atoms with Crippen LogP contribution in [0.5, 0.6) is 5.75 Å². The van der Waals surface area contributed by atoms with Crippen molar-refractivity contribution in [1.29, 1.82) is 0 Å². The van der Waals surface area contributed by atoms with Crippen molar-refractivity contribution in [3.63, 3.8) is 0 Å². The predicted octanol–water partition coefficient (Wildman–Crippen LogP) is 4.04. The molecule has 2 heterocycles. The van der Waals surface area contributed by atoms with Crippen LogP contribution in [0, 0.1) is 6.92 Å². The van der Waals surface area contributed by atoms with Crippen molar-refractivity contribution in [1.82, 2.24) is 19.6 Å². The van der Waals surface area contributed by atoms with Crippen molar-refractivity contribution < 1.29 is 22.7 Å². The Balaban J connectivity index is 1.33. The summed E-state index contributed by atoms with van der Waals surface area (Å²) >= 11 is 0. The van der Waals surface area contributed by atoms with E-state index in [1.807, 2.05) is 42.2 Å². The summed E-state index contributed by atoms with van der Waals surface area (Å²) in [5.74, 6) is -0.277. The number of ether oxygens (including phenoxy) is 1. The highest BCUT2D eigenvalue weighted by Crippen LogP contribution is 2.23. The number of aromatic nitrogens is 2. The van der Waals surface area contributed by atoms with Crippen molar-refractivity contribution in [3.8, 4) is 11.4 Å². The minimum absolute atomic E-state index is 0.0435. The average molecular weight is 444 g/mol. The minimum Gasteiger partial charge on any atom is -0.406 e. The van der Waals surface area contributed by atoms with E-state index in [0.29, 0.717) is 38.3 Å². The van der Waals surface area contributed by atoms with Crippen LogP contribution < -0.4 is 4.74 Å². The lowest BCUT2D eigenvalue weighted by Gasteiger charge is -2.34. The molecule has 9 heteroatoms. The van der Waals surface area contributed by atoms with Crippen LogP contribution in [0.1, 0.15) is 21.6 Å². The second-order valence-corrected chi connectivity index (χ2v) is 7.65. The molecule has 1 amide bonds. The van der Waals surface area contributed by atoms with E-state index in [9.17, 15) is 18.0 Å². The zero-order chi connectivity index (χ0) is 22.7. The van der Waals surface area contributed by atoms with E-state index in [4.69, 9.17) is 0 Å². The molecule has 0 bridgehead atoms. The summed E-state index contributed by atoms with van der Waals surface area (Å²) in [6, 6.07) is 15.5. The molecule has 32 heavy (non-hydrogen) atoms. The van der Waals surface area contributed by atoms with E-state index in [-0.39, 0.29) is 11.7 Å². The van der Waals surface area contributed by atoms with Gasteiger partial charge in [0.1, 0.15) is 5.75 Å². The number of piperazine rings is 1. The number of amides is 1. The zero-order valence-electron chi connectivity index (χ0n) is 17.5. The second kappa shape index (κ2) is 9.04. The molecule has 6 nitrogen and oxygen atoms in total. The van der Waals surface area contributed by atoms with Gasteiger partial charge >= 0.3 is 6.36 Å². The molecule has 0 spiro atoms. The standard InChI is InChI=1S/C23H23F3N4O2/c1-17-21(15-27-30(17)19-5-3-2-4-6-19)22(31)29-13-11-28(12-14-29)16-18-7-9-20(10-8-18)32-23(24,25)26/h2-10,15H,11-14,16H2,1H3. The van der Waals surface area contributed by atoms with Gasteiger partial charge in [0.05, 0.1) is 23.1 Å². The number of hydrogen-bond acceptors (Lipinski definition) is 4. The highest BCUT2D eigenvalue weighted by Gasteiger charge is 2.31. The van der Waals surface area contributed by atoms with Gasteiger partial charge in [-0.2, -0.15) is 5.10 Å². The fourth-order valence-corrected chi connectivity index (χ4v) is 3.78. The first-order chi connectivity index (χ1) is 15.3. The molecule has 1 fully saturated rings. The van der Waals surface area contributed by atoms with Crippen molar-refractivity contribution in [2.75, 3.05) is 26.2 Å². The van der Waals surface area contributed by atoms with Gasteiger partial charge in [-0.05, 0) is 36.8 Å². The molecule has 4 rings (SSSR count). The van der Waals surface area contributed by atoms with Gasteiger partial charge in [-0.3, -0.25) is 9.69 Å². The monoisotopic (exact) mass is 444 g/mol. The number of nitrogens with zero attached hydrogens (tertiary/aromatic N) is 4. The van der Waals surface area contributed by atoms with Gasteiger partial charge in [0, 0.05) is 32.7 Å². The summed E-state index contributed by atoms with van der Waals surface area (Å²) in [6.45, 7) is 4.99. The predicted molar refractivity (Wildman–Crippen MR) is 113 cm³/mol. The highest BCUT2D eigenvalue weighted by molar-refractivity contribution is 5.95. The van der Waals surface area contributed by atoms with Crippen LogP contribution in [0.25, 0.3) is 5.69 Å². The Kier molecular flexibility index (Phi) is 6.18. The molecule has 0 aliphatic carbocycles. The first kappa shape index (κ1) is 21.9. The third kappa shape index (κ3) is 5.11. The number of carbonyl (C=O) groups is 1. The van der Waals surface area contributed by atoms with Crippen LogP contribution in [0.4, 0.5) is 13.2 Å². The molecule has 1 aliphatic heterocycles. The van der Waals surface area contributed by atoms with Crippen LogP contribution in [-0.2, 0) is 6.54 Å². The maximum atomic E-state index is 13.0. The minimum atomic E-state index is -4.69. The third-order valence-corrected chi connectivity index (χ3v) is 5.46. The van der Waals surface area contributed by atoms with Gasteiger partial charge in [0.2, 0.25) is 0 Å². The Hall–Kier alpha value is -3.33. The molecule has 1 aromatic heterocycles. The van der Waals surface area contributed by atoms with Crippen molar-refractivity contribution in [2.24, 2.45) is 0 Å². The van der Waals surface area contributed by atoms with E-state index < -0.39 is 6.36 Å². The Labute approximate surface area is 183 Å². The molecule has 0 radical (unpaired) electrons. The average Bonchev–Trinajstić information content (AvgIpc) is 3.16. The number of carbonyl (C=O) groups excluding carboxylic acids is 1. The van der Waals surface area contributed by atoms with E-state index in [0.717, 1.165) is 16.9 Å². The zero-order valence-corrected chi connectivity index (χ0v) is 17.5. The maximum absolute atomic E-state index is 13.0. The molecular weight excluding hydrogens is 421 g/mol. The number of alkyl halides is 3. The number of para-hydroxylation sites is 1. The molecule has 3 aromatic rings. The molecule has 2 aromatic carbocycles.